The maximum absolute atomic E-state index is 6.04. The van der Waals surface area contributed by atoms with Crippen molar-refractivity contribution in [3.8, 4) is 0 Å². The van der Waals surface area contributed by atoms with Gasteiger partial charge >= 0.3 is 8.80 Å². The molecule has 0 rings (SSSR count). The third-order valence-corrected chi connectivity index (χ3v) is 6.71. The summed E-state index contributed by atoms with van der Waals surface area (Å²) in [6.07, 6.45) is -1.25. The Balaban J connectivity index is 5.05. The molecule has 3 unspecified atom stereocenters. The Hall–Kier alpha value is 0.457. The SMILES string of the molecule is CCOC(C)O[Si](CCBr)(OC(C)OCC)OC(C)OCC. The summed E-state index contributed by atoms with van der Waals surface area (Å²) in [6, 6.07) is 0.596. The molecular formula is C14H31BrO6Si. The zero-order chi connectivity index (χ0) is 17.0. The zero-order valence-electron chi connectivity index (χ0n) is 14.6. The lowest BCUT2D eigenvalue weighted by Gasteiger charge is -2.35. The van der Waals surface area contributed by atoms with E-state index in [2.05, 4.69) is 15.9 Å². The fourth-order valence-corrected chi connectivity index (χ4v) is 5.87. The molecule has 0 N–H and O–H groups in total. The molecule has 0 aliphatic carbocycles. The van der Waals surface area contributed by atoms with Crippen molar-refractivity contribution in [3.63, 3.8) is 0 Å². The summed E-state index contributed by atoms with van der Waals surface area (Å²) >= 11 is 3.44. The molecule has 22 heavy (non-hydrogen) atoms. The Bertz CT molecular complexity index is 236. The van der Waals surface area contributed by atoms with Crippen LogP contribution in [0.3, 0.4) is 0 Å². The quantitative estimate of drug-likeness (QED) is 0.251. The van der Waals surface area contributed by atoms with Gasteiger partial charge in [0, 0.05) is 31.2 Å². The Morgan fingerprint density at radius 2 is 1.05 bits per heavy atom. The molecule has 0 bridgehead atoms. The van der Waals surface area contributed by atoms with E-state index in [1.54, 1.807) is 0 Å². The summed E-state index contributed by atoms with van der Waals surface area (Å²) in [5.41, 5.74) is 0. The molecule has 0 spiro atoms. The van der Waals surface area contributed by atoms with Gasteiger partial charge in [-0.2, -0.15) is 0 Å². The number of rotatable bonds is 14. The van der Waals surface area contributed by atoms with Crippen molar-refractivity contribution in [1.82, 2.24) is 0 Å². The first-order valence-corrected chi connectivity index (χ1v) is 10.9. The maximum Gasteiger partial charge on any atom is 0.507 e. The van der Waals surface area contributed by atoms with Gasteiger partial charge in [0.25, 0.3) is 0 Å². The molecule has 0 aromatic heterocycles. The van der Waals surface area contributed by atoms with E-state index >= 15 is 0 Å². The van der Waals surface area contributed by atoms with Gasteiger partial charge in [0.1, 0.15) is 18.9 Å². The lowest BCUT2D eigenvalue weighted by Crippen LogP contribution is -2.53. The summed E-state index contributed by atoms with van der Waals surface area (Å²) in [4.78, 5) is 0. The first kappa shape index (κ1) is 22.5. The second kappa shape index (κ2) is 12.8. The fourth-order valence-electron chi connectivity index (χ4n) is 1.94. The molecule has 0 aromatic carbocycles. The molecule has 0 aromatic rings. The molecular weight excluding hydrogens is 372 g/mol. The highest BCUT2D eigenvalue weighted by atomic mass is 79.9. The van der Waals surface area contributed by atoms with E-state index in [1.807, 2.05) is 41.5 Å². The van der Waals surface area contributed by atoms with Crippen molar-refractivity contribution in [3.05, 3.63) is 0 Å². The lowest BCUT2D eigenvalue weighted by atomic mass is 10.7. The minimum Gasteiger partial charge on any atom is -0.354 e. The molecule has 0 saturated heterocycles. The van der Waals surface area contributed by atoms with Crippen molar-refractivity contribution in [2.24, 2.45) is 0 Å². The minimum atomic E-state index is -3.02. The van der Waals surface area contributed by atoms with Gasteiger partial charge in [-0.15, -0.1) is 0 Å². The third-order valence-electron chi connectivity index (χ3n) is 2.64. The van der Waals surface area contributed by atoms with Crippen LogP contribution in [-0.4, -0.2) is 52.8 Å². The van der Waals surface area contributed by atoms with E-state index in [9.17, 15) is 0 Å². The third kappa shape index (κ3) is 9.56. The largest absolute Gasteiger partial charge is 0.507 e. The predicted molar refractivity (Wildman–Crippen MR) is 90.9 cm³/mol. The average Bonchev–Trinajstić information content (AvgIpc) is 2.39. The molecule has 134 valence electrons. The highest BCUT2D eigenvalue weighted by molar-refractivity contribution is 9.09. The van der Waals surface area contributed by atoms with Crippen LogP contribution in [0.5, 0.6) is 0 Å². The highest BCUT2D eigenvalue weighted by Crippen LogP contribution is 2.24. The predicted octanol–water partition coefficient (Wildman–Crippen LogP) is 3.52. The zero-order valence-corrected chi connectivity index (χ0v) is 17.2. The van der Waals surface area contributed by atoms with Crippen molar-refractivity contribution in [2.75, 3.05) is 25.2 Å². The van der Waals surface area contributed by atoms with Gasteiger partial charge in [-0.25, -0.2) is 0 Å². The standard InChI is InChI=1S/C14H31BrO6Si/c1-7-16-12(4)19-22(11-10-15,20-13(5)17-8-2)21-14(6)18-9-3/h12-14H,7-11H2,1-6H3. The minimum absolute atomic E-state index is 0.418. The Morgan fingerprint density at radius 3 is 1.27 bits per heavy atom. The van der Waals surface area contributed by atoms with E-state index in [-0.39, 0.29) is 0 Å². The van der Waals surface area contributed by atoms with E-state index in [1.165, 1.54) is 0 Å². The van der Waals surface area contributed by atoms with Gasteiger partial charge in [0.05, 0.1) is 0 Å². The van der Waals surface area contributed by atoms with Gasteiger partial charge in [-0.05, 0) is 41.5 Å². The molecule has 0 fully saturated rings. The number of halogens is 1. The number of alkyl halides is 1. The van der Waals surface area contributed by atoms with E-state index in [4.69, 9.17) is 27.5 Å². The first-order valence-electron chi connectivity index (χ1n) is 7.87. The summed E-state index contributed by atoms with van der Waals surface area (Å²) in [5, 5.41) is 0.690. The van der Waals surface area contributed by atoms with Crippen LogP contribution >= 0.6 is 15.9 Å². The van der Waals surface area contributed by atoms with E-state index < -0.39 is 27.7 Å². The molecule has 8 heteroatoms. The number of hydrogen-bond acceptors (Lipinski definition) is 6. The van der Waals surface area contributed by atoms with Crippen LogP contribution in [0.25, 0.3) is 0 Å². The average molecular weight is 403 g/mol. The first-order chi connectivity index (χ1) is 10.4. The van der Waals surface area contributed by atoms with Crippen molar-refractivity contribution in [1.29, 1.82) is 0 Å². The van der Waals surface area contributed by atoms with E-state index in [0.717, 1.165) is 0 Å². The number of ether oxygens (including phenoxy) is 3. The molecule has 0 radical (unpaired) electrons. The van der Waals surface area contributed by atoms with Crippen LogP contribution in [-0.2, 0) is 27.5 Å². The van der Waals surface area contributed by atoms with Gasteiger partial charge in [0.2, 0.25) is 0 Å². The normalized spacial score (nSPS) is 18.7. The topological polar surface area (TPSA) is 55.4 Å². The fraction of sp³-hybridized carbons (Fsp3) is 1.00. The highest BCUT2D eigenvalue weighted by Gasteiger charge is 2.46. The molecule has 0 heterocycles. The van der Waals surface area contributed by atoms with Gasteiger partial charge in [-0.1, -0.05) is 15.9 Å². The Labute approximate surface area is 144 Å². The molecule has 6 nitrogen and oxygen atoms in total. The van der Waals surface area contributed by atoms with Crippen LogP contribution in [0.15, 0.2) is 0 Å². The molecule has 0 amide bonds. The van der Waals surface area contributed by atoms with Crippen molar-refractivity contribution < 1.29 is 27.5 Å². The van der Waals surface area contributed by atoms with Crippen LogP contribution in [0.2, 0.25) is 6.04 Å². The Morgan fingerprint density at radius 1 is 0.727 bits per heavy atom. The van der Waals surface area contributed by atoms with Crippen molar-refractivity contribution >= 4 is 24.7 Å². The van der Waals surface area contributed by atoms with Gasteiger partial charge < -0.3 is 27.5 Å². The molecule has 0 aliphatic heterocycles. The monoisotopic (exact) mass is 402 g/mol. The lowest BCUT2D eigenvalue weighted by molar-refractivity contribution is -0.175. The van der Waals surface area contributed by atoms with Crippen LogP contribution in [0.4, 0.5) is 0 Å². The van der Waals surface area contributed by atoms with Crippen LogP contribution in [0, 0.1) is 0 Å². The summed E-state index contributed by atoms with van der Waals surface area (Å²) in [6.45, 7) is 12.9. The Kier molecular flexibility index (Phi) is 13.1. The van der Waals surface area contributed by atoms with Gasteiger partial charge in [0.15, 0.2) is 0 Å². The molecule has 0 saturated carbocycles. The maximum atomic E-state index is 6.04. The van der Waals surface area contributed by atoms with Gasteiger partial charge in [-0.3, -0.25) is 0 Å². The second-order valence-electron chi connectivity index (χ2n) is 4.54. The summed E-state index contributed by atoms with van der Waals surface area (Å²) < 4.78 is 34.6. The second-order valence-corrected chi connectivity index (χ2v) is 7.91. The smallest absolute Gasteiger partial charge is 0.354 e. The van der Waals surface area contributed by atoms with Crippen LogP contribution in [0.1, 0.15) is 41.5 Å². The van der Waals surface area contributed by atoms with Crippen LogP contribution < -0.4 is 0 Å². The summed E-state index contributed by atoms with van der Waals surface area (Å²) in [7, 11) is -3.02. The number of hydrogen-bond donors (Lipinski definition) is 0. The molecule has 0 aliphatic rings. The molecule has 3 atom stereocenters. The van der Waals surface area contributed by atoms with E-state index in [0.29, 0.717) is 31.2 Å². The van der Waals surface area contributed by atoms with Crippen molar-refractivity contribution in [2.45, 2.75) is 66.5 Å². The summed E-state index contributed by atoms with van der Waals surface area (Å²) in [5.74, 6) is 0.